The minimum absolute atomic E-state index is 0.00961. The molecule has 1 aromatic carbocycles. The summed E-state index contributed by atoms with van der Waals surface area (Å²) in [5.41, 5.74) is -0.424. The van der Waals surface area contributed by atoms with Gasteiger partial charge in [-0.2, -0.15) is 0 Å². The minimum Gasteiger partial charge on any atom is -0.444 e. The van der Waals surface area contributed by atoms with Crippen LogP contribution in [0.4, 0.5) is 4.79 Å². The largest absolute Gasteiger partial charge is 0.444 e. The highest BCUT2D eigenvalue weighted by atomic mass is 16.6. The van der Waals surface area contributed by atoms with Crippen molar-refractivity contribution in [1.29, 1.82) is 0 Å². The lowest BCUT2D eigenvalue weighted by molar-refractivity contribution is 0.0482. The van der Waals surface area contributed by atoms with Crippen molar-refractivity contribution in [3.8, 4) is 0 Å². The zero-order valence-corrected chi connectivity index (χ0v) is 15.4. The summed E-state index contributed by atoms with van der Waals surface area (Å²) in [6.45, 7) is 9.33. The first-order valence-corrected chi connectivity index (χ1v) is 8.40. The van der Waals surface area contributed by atoms with Crippen molar-refractivity contribution < 1.29 is 9.53 Å². The Hall–Kier alpha value is -2.57. The van der Waals surface area contributed by atoms with Crippen molar-refractivity contribution in [2.45, 2.75) is 52.7 Å². The van der Waals surface area contributed by atoms with Crippen molar-refractivity contribution in [3.63, 3.8) is 0 Å². The Balaban J connectivity index is 2.48. The number of amides is 1. The van der Waals surface area contributed by atoms with Gasteiger partial charge in [0.25, 0.3) is 5.56 Å². The molecule has 7 nitrogen and oxygen atoms in total. The van der Waals surface area contributed by atoms with E-state index in [1.807, 2.05) is 13.8 Å². The number of ether oxygens (including phenoxy) is 1. The summed E-state index contributed by atoms with van der Waals surface area (Å²) in [6, 6.07) is 6.45. The first-order chi connectivity index (χ1) is 11.6. The van der Waals surface area contributed by atoms with E-state index in [0.29, 0.717) is 16.7 Å². The Morgan fingerprint density at radius 3 is 2.60 bits per heavy atom. The number of aromatic nitrogens is 2. The van der Waals surface area contributed by atoms with Gasteiger partial charge in [-0.25, -0.2) is 14.5 Å². The third-order valence-electron chi connectivity index (χ3n) is 4.00. The average molecular weight is 346 g/mol. The van der Waals surface area contributed by atoms with Gasteiger partial charge in [-0.15, -0.1) is 0 Å². The molecular weight excluding hydrogens is 320 g/mol. The fourth-order valence-corrected chi connectivity index (χ4v) is 2.51. The van der Waals surface area contributed by atoms with Crippen LogP contribution in [0.3, 0.4) is 0 Å². The van der Waals surface area contributed by atoms with Crippen LogP contribution in [0.1, 0.15) is 52.9 Å². The number of rotatable bonds is 4. The summed E-state index contributed by atoms with van der Waals surface area (Å²) in [4.78, 5) is 29.3. The molecule has 0 unspecified atom stereocenters. The number of hydrogen-bond acceptors (Lipinski definition) is 5. The average Bonchev–Trinajstić information content (AvgIpc) is 2.54. The van der Waals surface area contributed by atoms with Crippen LogP contribution >= 0.6 is 0 Å². The number of carbonyl (C=O) groups is 1. The Morgan fingerprint density at radius 2 is 2.00 bits per heavy atom. The third kappa shape index (κ3) is 4.29. The van der Waals surface area contributed by atoms with Crippen LogP contribution in [-0.2, 0) is 4.74 Å². The van der Waals surface area contributed by atoms with Gasteiger partial charge in [-0.3, -0.25) is 4.79 Å². The number of nitrogen functional groups attached to an aromatic ring is 1. The number of alkyl carbamates (subject to hydrolysis) is 1. The number of hydrogen-bond donors (Lipinski definition) is 2. The van der Waals surface area contributed by atoms with E-state index in [-0.39, 0.29) is 11.5 Å². The quantitative estimate of drug-likeness (QED) is 0.829. The highest BCUT2D eigenvalue weighted by molar-refractivity contribution is 5.77. The van der Waals surface area contributed by atoms with E-state index in [9.17, 15) is 9.59 Å². The van der Waals surface area contributed by atoms with E-state index in [0.717, 1.165) is 11.1 Å². The molecule has 0 fully saturated rings. The molecule has 0 saturated carbocycles. The predicted octanol–water partition coefficient (Wildman–Crippen LogP) is 2.72. The molecule has 1 heterocycles. The van der Waals surface area contributed by atoms with Gasteiger partial charge in [0, 0.05) is 0 Å². The van der Waals surface area contributed by atoms with Crippen molar-refractivity contribution >= 4 is 17.0 Å². The van der Waals surface area contributed by atoms with Gasteiger partial charge in [0.05, 0.1) is 16.9 Å². The Kier molecular flexibility index (Phi) is 5.35. The SMILES string of the molecule is CC[C@H](C)[C@H](NC(=O)OC(C)(C)C)c1nc2ccccc2c(=O)n1N. The molecule has 2 rings (SSSR count). The molecular formula is C18H26N4O3. The van der Waals surface area contributed by atoms with Crippen molar-refractivity contribution in [2.24, 2.45) is 5.92 Å². The third-order valence-corrected chi connectivity index (χ3v) is 4.00. The number of nitrogens with zero attached hydrogens (tertiary/aromatic N) is 2. The fourth-order valence-electron chi connectivity index (χ4n) is 2.51. The lowest BCUT2D eigenvalue weighted by atomic mass is 9.98. The fraction of sp³-hybridized carbons (Fsp3) is 0.500. The molecule has 7 heteroatoms. The van der Waals surface area contributed by atoms with Crippen LogP contribution < -0.4 is 16.7 Å². The van der Waals surface area contributed by atoms with E-state index in [4.69, 9.17) is 10.6 Å². The second-order valence-electron chi connectivity index (χ2n) is 7.17. The molecule has 25 heavy (non-hydrogen) atoms. The van der Waals surface area contributed by atoms with Gasteiger partial charge in [0.15, 0.2) is 5.82 Å². The first-order valence-electron chi connectivity index (χ1n) is 8.40. The lowest BCUT2D eigenvalue weighted by Gasteiger charge is -2.27. The summed E-state index contributed by atoms with van der Waals surface area (Å²) in [7, 11) is 0. The molecule has 0 spiro atoms. The van der Waals surface area contributed by atoms with Gasteiger partial charge < -0.3 is 15.9 Å². The number of nitrogens with two attached hydrogens (primary N) is 1. The van der Waals surface area contributed by atoms with Crippen LogP contribution in [-0.4, -0.2) is 21.4 Å². The molecule has 2 atom stereocenters. The van der Waals surface area contributed by atoms with E-state index < -0.39 is 17.7 Å². The smallest absolute Gasteiger partial charge is 0.408 e. The molecule has 0 bridgehead atoms. The number of fused-ring (bicyclic) bond motifs is 1. The van der Waals surface area contributed by atoms with E-state index in [1.54, 1.807) is 45.0 Å². The number of para-hydroxylation sites is 1. The maximum absolute atomic E-state index is 12.5. The summed E-state index contributed by atoms with van der Waals surface area (Å²) in [6.07, 6.45) is 0.198. The van der Waals surface area contributed by atoms with Gasteiger partial charge >= 0.3 is 6.09 Å². The molecule has 1 aromatic heterocycles. The first kappa shape index (κ1) is 18.8. The number of carbonyl (C=O) groups excluding carboxylic acids is 1. The van der Waals surface area contributed by atoms with E-state index in [1.165, 1.54) is 0 Å². The van der Waals surface area contributed by atoms with Gasteiger partial charge in [-0.05, 0) is 38.8 Å². The maximum atomic E-state index is 12.5. The molecule has 2 aromatic rings. The lowest BCUT2D eigenvalue weighted by Crippen LogP contribution is -2.42. The second kappa shape index (κ2) is 7.13. The number of nitrogens with one attached hydrogen (secondary N) is 1. The second-order valence-corrected chi connectivity index (χ2v) is 7.17. The molecule has 0 aliphatic rings. The van der Waals surface area contributed by atoms with E-state index >= 15 is 0 Å². The summed E-state index contributed by atoms with van der Waals surface area (Å²) >= 11 is 0. The predicted molar refractivity (Wildman–Crippen MR) is 97.7 cm³/mol. The highest BCUT2D eigenvalue weighted by Gasteiger charge is 2.28. The van der Waals surface area contributed by atoms with Crippen LogP contribution in [0.15, 0.2) is 29.1 Å². The van der Waals surface area contributed by atoms with Crippen LogP contribution in [0.2, 0.25) is 0 Å². The highest BCUT2D eigenvalue weighted by Crippen LogP contribution is 2.23. The van der Waals surface area contributed by atoms with Crippen LogP contribution in [0.5, 0.6) is 0 Å². The Labute approximate surface area is 147 Å². The monoisotopic (exact) mass is 346 g/mol. The van der Waals surface area contributed by atoms with Crippen molar-refractivity contribution in [3.05, 3.63) is 40.4 Å². The van der Waals surface area contributed by atoms with Gasteiger partial charge in [-0.1, -0.05) is 32.4 Å². The molecule has 3 N–H and O–H groups in total. The normalized spacial score (nSPS) is 14.1. The minimum atomic E-state index is -0.622. The van der Waals surface area contributed by atoms with Crippen LogP contribution in [0, 0.1) is 5.92 Å². The molecule has 0 aliphatic heterocycles. The summed E-state index contributed by atoms with van der Waals surface area (Å²) < 4.78 is 6.35. The van der Waals surface area contributed by atoms with Crippen LogP contribution in [0.25, 0.3) is 10.9 Å². The van der Waals surface area contributed by atoms with E-state index in [2.05, 4.69) is 10.3 Å². The van der Waals surface area contributed by atoms with Gasteiger partial charge in [0.1, 0.15) is 5.60 Å². The van der Waals surface area contributed by atoms with Gasteiger partial charge in [0.2, 0.25) is 0 Å². The standard InChI is InChI=1S/C18H26N4O3/c1-6-11(2)14(21-17(24)25-18(3,4)5)15-20-13-10-8-7-9-12(13)16(23)22(15)19/h7-11,14H,6,19H2,1-5H3,(H,21,24)/t11-,14-/m0/s1. The summed E-state index contributed by atoms with van der Waals surface area (Å²) in [5, 5.41) is 3.25. The Bertz CT molecular complexity index is 823. The maximum Gasteiger partial charge on any atom is 0.408 e. The van der Waals surface area contributed by atoms with Crippen molar-refractivity contribution in [1.82, 2.24) is 15.0 Å². The Morgan fingerprint density at radius 1 is 1.36 bits per heavy atom. The molecule has 1 amide bonds. The molecule has 0 radical (unpaired) electrons. The zero-order chi connectivity index (χ0) is 18.8. The topological polar surface area (TPSA) is 99.2 Å². The molecule has 0 aliphatic carbocycles. The molecule has 0 saturated heterocycles. The molecule has 136 valence electrons. The van der Waals surface area contributed by atoms with Crippen molar-refractivity contribution in [2.75, 3.05) is 5.84 Å². The summed E-state index contributed by atoms with van der Waals surface area (Å²) in [5.74, 6) is 6.31. The zero-order valence-electron chi connectivity index (χ0n) is 15.4. The number of benzene rings is 1.